The second kappa shape index (κ2) is 4.42. The van der Waals surface area contributed by atoms with Gasteiger partial charge in [-0.15, -0.1) is 0 Å². The minimum atomic E-state index is -0.811. The monoisotopic (exact) mass is 246 g/mol. The lowest BCUT2D eigenvalue weighted by Crippen LogP contribution is -2.37. The van der Waals surface area contributed by atoms with Gasteiger partial charge < -0.3 is 15.7 Å². The number of para-hydroxylation sites is 2. The number of nitrogens with zero attached hydrogens (tertiary/aromatic N) is 3. The normalized spacial score (nSPS) is 11.8. The topological polar surface area (TPSA) is 75.3 Å². The molecule has 0 saturated heterocycles. The van der Waals surface area contributed by atoms with Crippen molar-refractivity contribution in [2.75, 3.05) is 24.2 Å². The average molecular weight is 246 g/mol. The van der Waals surface area contributed by atoms with Crippen molar-refractivity contribution >= 4 is 22.7 Å². The van der Waals surface area contributed by atoms with Gasteiger partial charge in [0.05, 0.1) is 16.6 Å². The number of fused-ring (bicyclic) bond motifs is 1. The fourth-order valence-electron chi connectivity index (χ4n) is 1.94. The number of anilines is 2. The maximum absolute atomic E-state index is 9.82. The van der Waals surface area contributed by atoms with E-state index >= 15 is 0 Å². The Labute approximate surface area is 106 Å². The zero-order valence-corrected chi connectivity index (χ0v) is 10.9. The lowest BCUT2D eigenvalue weighted by molar-refractivity contribution is 0.0885. The first-order chi connectivity index (χ1) is 8.37. The Bertz CT molecular complexity index is 562. The van der Waals surface area contributed by atoms with Crippen LogP contribution in [-0.4, -0.2) is 34.3 Å². The van der Waals surface area contributed by atoms with Crippen LogP contribution in [0.3, 0.4) is 0 Å². The van der Waals surface area contributed by atoms with Crippen LogP contribution >= 0.6 is 0 Å². The number of nitrogen functional groups attached to an aromatic ring is 1. The van der Waals surface area contributed by atoms with Gasteiger partial charge >= 0.3 is 0 Å². The molecule has 0 aliphatic carbocycles. The van der Waals surface area contributed by atoms with Gasteiger partial charge in [-0.3, -0.25) is 0 Å². The molecule has 0 spiro atoms. The zero-order chi connectivity index (χ0) is 13.3. The van der Waals surface area contributed by atoms with Gasteiger partial charge in [0.25, 0.3) is 0 Å². The SMILES string of the molecule is CN(CC(C)(C)O)c1nc2ccccc2nc1N. The summed E-state index contributed by atoms with van der Waals surface area (Å²) in [6, 6.07) is 7.57. The summed E-state index contributed by atoms with van der Waals surface area (Å²) in [5.74, 6) is 0.969. The van der Waals surface area contributed by atoms with E-state index in [9.17, 15) is 5.11 Å². The quantitative estimate of drug-likeness (QED) is 0.856. The van der Waals surface area contributed by atoms with Crippen LogP contribution in [-0.2, 0) is 0 Å². The lowest BCUT2D eigenvalue weighted by Gasteiger charge is -2.26. The van der Waals surface area contributed by atoms with Gasteiger partial charge in [-0.25, -0.2) is 9.97 Å². The number of nitrogens with two attached hydrogens (primary N) is 1. The van der Waals surface area contributed by atoms with Gasteiger partial charge in [0.2, 0.25) is 0 Å². The molecule has 2 rings (SSSR count). The van der Waals surface area contributed by atoms with Crippen molar-refractivity contribution in [2.24, 2.45) is 0 Å². The number of aliphatic hydroxyl groups is 1. The molecule has 2 aromatic rings. The van der Waals surface area contributed by atoms with Gasteiger partial charge in [-0.05, 0) is 26.0 Å². The van der Waals surface area contributed by atoms with Crippen LogP contribution in [0.15, 0.2) is 24.3 Å². The van der Waals surface area contributed by atoms with Gasteiger partial charge in [0.15, 0.2) is 11.6 Å². The molecule has 1 heterocycles. The van der Waals surface area contributed by atoms with Gasteiger partial charge in [0.1, 0.15) is 0 Å². The second-order valence-electron chi connectivity index (χ2n) is 5.09. The van der Waals surface area contributed by atoms with Crippen molar-refractivity contribution in [1.82, 2.24) is 9.97 Å². The van der Waals surface area contributed by atoms with Gasteiger partial charge in [0, 0.05) is 13.6 Å². The third kappa shape index (κ3) is 2.68. The molecule has 0 aliphatic rings. The van der Waals surface area contributed by atoms with E-state index in [0.717, 1.165) is 11.0 Å². The van der Waals surface area contributed by atoms with E-state index in [1.54, 1.807) is 13.8 Å². The molecule has 3 N–H and O–H groups in total. The summed E-state index contributed by atoms with van der Waals surface area (Å²) < 4.78 is 0. The molecular weight excluding hydrogens is 228 g/mol. The van der Waals surface area contributed by atoms with Crippen LogP contribution in [0.25, 0.3) is 11.0 Å². The predicted molar refractivity (Wildman–Crippen MR) is 73.5 cm³/mol. The lowest BCUT2D eigenvalue weighted by atomic mass is 10.1. The average Bonchev–Trinajstić information content (AvgIpc) is 2.25. The molecule has 0 amide bonds. The summed E-state index contributed by atoms with van der Waals surface area (Å²) in [4.78, 5) is 10.6. The molecule has 5 nitrogen and oxygen atoms in total. The number of aromatic nitrogens is 2. The number of likely N-dealkylation sites (N-methyl/N-ethyl adjacent to an activating group) is 1. The Morgan fingerprint density at radius 3 is 2.33 bits per heavy atom. The molecule has 1 aromatic heterocycles. The zero-order valence-electron chi connectivity index (χ0n) is 10.9. The Kier molecular flexibility index (Phi) is 3.09. The minimum Gasteiger partial charge on any atom is -0.389 e. The van der Waals surface area contributed by atoms with Gasteiger partial charge in [-0.1, -0.05) is 12.1 Å². The van der Waals surface area contributed by atoms with Crippen molar-refractivity contribution in [2.45, 2.75) is 19.4 Å². The molecule has 0 atom stereocenters. The second-order valence-corrected chi connectivity index (χ2v) is 5.09. The number of hydrogen-bond donors (Lipinski definition) is 2. The standard InChI is InChI=1S/C13H18N4O/c1-13(2,18)8-17(3)12-11(14)15-9-6-4-5-7-10(9)16-12/h4-7,18H,8H2,1-3H3,(H2,14,15). The third-order valence-corrected chi connectivity index (χ3v) is 2.56. The molecular formula is C13H18N4O. The highest BCUT2D eigenvalue weighted by Crippen LogP contribution is 2.22. The molecule has 1 aromatic carbocycles. The Morgan fingerprint density at radius 1 is 1.22 bits per heavy atom. The Hall–Kier alpha value is -1.88. The summed E-state index contributed by atoms with van der Waals surface area (Å²) in [5, 5.41) is 9.82. The highest BCUT2D eigenvalue weighted by molar-refractivity contribution is 5.79. The van der Waals surface area contributed by atoms with Crippen LogP contribution in [0, 0.1) is 0 Å². The summed E-state index contributed by atoms with van der Waals surface area (Å²) in [6.45, 7) is 3.92. The van der Waals surface area contributed by atoms with E-state index in [1.807, 2.05) is 36.2 Å². The highest BCUT2D eigenvalue weighted by Gasteiger charge is 2.19. The Morgan fingerprint density at radius 2 is 1.78 bits per heavy atom. The molecule has 0 unspecified atom stereocenters. The van der Waals surface area contributed by atoms with Crippen LogP contribution in [0.1, 0.15) is 13.8 Å². The van der Waals surface area contributed by atoms with E-state index in [0.29, 0.717) is 18.2 Å². The maximum atomic E-state index is 9.82. The number of hydrogen-bond acceptors (Lipinski definition) is 5. The summed E-state index contributed by atoms with van der Waals surface area (Å²) >= 11 is 0. The van der Waals surface area contributed by atoms with Crippen molar-refractivity contribution in [1.29, 1.82) is 0 Å². The van der Waals surface area contributed by atoms with E-state index in [-0.39, 0.29) is 0 Å². The summed E-state index contributed by atoms with van der Waals surface area (Å²) in [7, 11) is 1.84. The van der Waals surface area contributed by atoms with Crippen molar-refractivity contribution in [3.05, 3.63) is 24.3 Å². The summed E-state index contributed by atoms with van der Waals surface area (Å²) in [5.41, 5.74) is 6.67. The van der Waals surface area contributed by atoms with Crippen LogP contribution in [0.5, 0.6) is 0 Å². The molecule has 0 bridgehead atoms. The first-order valence-electron chi connectivity index (χ1n) is 5.82. The first-order valence-corrected chi connectivity index (χ1v) is 5.82. The van der Waals surface area contributed by atoms with Crippen LogP contribution < -0.4 is 10.6 Å². The van der Waals surface area contributed by atoms with Crippen LogP contribution in [0.2, 0.25) is 0 Å². The largest absolute Gasteiger partial charge is 0.389 e. The summed E-state index contributed by atoms with van der Waals surface area (Å²) in [6.07, 6.45) is 0. The third-order valence-electron chi connectivity index (χ3n) is 2.56. The van der Waals surface area contributed by atoms with E-state index in [2.05, 4.69) is 9.97 Å². The van der Waals surface area contributed by atoms with Crippen molar-refractivity contribution in [3.8, 4) is 0 Å². The molecule has 18 heavy (non-hydrogen) atoms. The smallest absolute Gasteiger partial charge is 0.172 e. The molecule has 0 saturated carbocycles. The molecule has 0 fully saturated rings. The highest BCUT2D eigenvalue weighted by atomic mass is 16.3. The first kappa shape index (κ1) is 12.6. The number of benzene rings is 1. The van der Waals surface area contributed by atoms with E-state index < -0.39 is 5.60 Å². The Balaban J connectivity index is 2.41. The number of rotatable bonds is 3. The molecule has 5 heteroatoms. The van der Waals surface area contributed by atoms with E-state index in [1.165, 1.54) is 0 Å². The predicted octanol–water partition coefficient (Wildman–Crippen LogP) is 1.42. The molecule has 0 aliphatic heterocycles. The fraction of sp³-hybridized carbons (Fsp3) is 0.385. The molecule has 96 valence electrons. The fourth-order valence-corrected chi connectivity index (χ4v) is 1.94. The van der Waals surface area contributed by atoms with Crippen molar-refractivity contribution in [3.63, 3.8) is 0 Å². The van der Waals surface area contributed by atoms with Crippen molar-refractivity contribution < 1.29 is 5.11 Å². The van der Waals surface area contributed by atoms with E-state index in [4.69, 9.17) is 5.73 Å². The van der Waals surface area contributed by atoms with Crippen LogP contribution in [0.4, 0.5) is 11.6 Å². The van der Waals surface area contributed by atoms with Gasteiger partial charge in [-0.2, -0.15) is 0 Å². The minimum absolute atomic E-state index is 0.375. The maximum Gasteiger partial charge on any atom is 0.172 e. The molecule has 0 radical (unpaired) electrons.